The summed E-state index contributed by atoms with van der Waals surface area (Å²) in [4.78, 5) is 14.1. The predicted octanol–water partition coefficient (Wildman–Crippen LogP) is 3.57. The van der Waals surface area contributed by atoms with E-state index in [0.29, 0.717) is 13.0 Å². The van der Waals surface area contributed by atoms with Crippen molar-refractivity contribution in [3.8, 4) is 0 Å². The molecule has 0 bridgehead atoms. The van der Waals surface area contributed by atoms with Gasteiger partial charge in [0.1, 0.15) is 0 Å². The van der Waals surface area contributed by atoms with E-state index in [-0.39, 0.29) is 11.3 Å². The number of anilines is 1. The van der Waals surface area contributed by atoms with Gasteiger partial charge in [-0.25, -0.2) is 0 Å². The number of nitrogens with zero attached hydrogens (tertiary/aromatic N) is 1. The molecule has 1 heterocycles. The number of benzene rings is 1. The average Bonchev–Trinajstić information content (AvgIpc) is 2.47. The van der Waals surface area contributed by atoms with Gasteiger partial charge in [0, 0.05) is 29.7 Å². The van der Waals surface area contributed by atoms with E-state index in [1.54, 1.807) is 0 Å². The van der Waals surface area contributed by atoms with Gasteiger partial charge in [0.15, 0.2) is 0 Å². The molecule has 0 aromatic heterocycles. The summed E-state index contributed by atoms with van der Waals surface area (Å²) in [6, 6.07) is 5.90. The second kappa shape index (κ2) is 5.53. The molecular weight excluding hydrogens is 304 g/mol. The molecule has 0 radical (unpaired) electrons. The summed E-state index contributed by atoms with van der Waals surface area (Å²) in [7, 11) is 0. The quantitative estimate of drug-likeness (QED) is 0.845. The van der Waals surface area contributed by atoms with Gasteiger partial charge in [-0.15, -0.1) is 0 Å². The summed E-state index contributed by atoms with van der Waals surface area (Å²) in [5, 5.41) is 0. The maximum atomic E-state index is 12.1. The maximum absolute atomic E-state index is 12.1. The molecule has 2 N–H and O–H groups in total. The third-order valence-corrected chi connectivity index (χ3v) is 4.58. The van der Waals surface area contributed by atoms with Crippen LogP contribution in [0.2, 0.25) is 0 Å². The minimum absolute atomic E-state index is 0.257. The van der Waals surface area contributed by atoms with Crippen LogP contribution in [0, 0.1) is 5.41 Å². The molecule has 0 spiro atoms. The lowest BCUT2D eigenvalue weighted by Gasteiger charge is -2.23. The number of carbonyl (C=O) groups excluding carboxylic acids is 1. The van der Waals surface area contributed by atoms with E-state index >= 15 is 0 Å². The van der Waals surface area contributed by atoms with E-state index in [4.69, 9.17) is 5.73 Å². The Kier molecular flexibility index (Phi) is 4.19. The Morgan fingerprint density at radius 1 is 1.37 bits per heavy atom. The minimum atomic E-state index is 0.257. The molecule has 0 atom stereocenters. The van der Waals surface area contributed by atoms with Crippen LogP contribution in [0.15, 0.2) is 22.7 Å². The summed E-state index contributed by atoms with van der Waals surface area (Å²) in [5.41, 5.74) is 7.96. The second-order valence-corrected chi connectivity index (χ2v) is 6.94. The Labute approximate surface area is 123 Å². The highest BCUT2D eigenvalue weighted by Crippen LogP contribution is 2.31. The first-order chi connectivity index (χ1) is 8.87. The van der Waals surface area contributed by atoms with Crippen LogP contribution in [-0.4, -0.2) is 17.4 Å². The van der Waals surface area contributed by atoms with Crippen molar-refractivity contribution in [1.29, 1.82) is 0 Å². The standard InChI is InChI=1S/C15H21BrN2O/c1-15(2)6-5-14(19)18(8-7-15)10-11-3-4-12(16)13(17)9-11/h3-4,9H,5-8,10,17H2,1-2H3. The predicted molar refractivity (Wildman–Crippen MR) is 81.6 cm³/mol. The topological polar surface area (TPSA) is 46.3 Å². The van der Waals surface area contributed by atoms with Crippen LogP contribution >= 0.6 is 15.9 Å². The molecule has 104 valence electrons. The number of nitrogens with two attached hydrogens (primary N) is 1. The Morgan fingerprint density at radius 2 is 2.11 bits per heavy atom. The summed E-state index contributed by atoms with van der Waals surface area (Å²) >= 11 is 3.39. The molecule has 1 aromatic rings. The number of halogens is 1. The number of nitrogen functional groups attached to an aromatic ring is 1. The van der Waals surface area contributed by atoms with E-state index in [9.17, 15) is 4.79 Å². The molecular formula is C15H21BrN2O. The van der Waals surface area contributed by atoms with Crippen molar-refractivity contribution < 1.29 is 4.79 Å². The summed E-state index contributed by atoms with van der Waals surface area (Å²) in [5.74, 6) is 0.257. The van der Waals surface area contributed by atoms with Crippen LogP contribution in [-0.2, 0) is 11.3 Å². The zero-order valence-corrected chi connectivity index (χ0v) is 13.2. The Bertz CT molecular complexity index is 485. The molecule has 19 heavy (non-hydrogen) atoms. The lowest BCUT2D eigenvalue weighted by Crippen LogP contribution is -2.30. The Hall–Kier alpha value is -1.03. The fourth-order valence-electron chi connectivity index (χ4n) is 2.37. The first-order valence-corrected chi connectivity index (χ1v) is 7.48. The van der Waals surface area contributed by atoms with Gasteiger partial charge in [-0.2, -0.15) is 0 Å². The van der Waals surface area contributed by atoms with Crippen molar-refractivity contribution >= 4 is 27.5 Å². The monoisotopic (exact) mass is 324 g/mol. The van der Waals surface area contributed by atoms with Gasteiger partial charge in [0.05, 0.1) is 0 Å². The third kappa shape index (κ3) is 3.72. The van der Waals surface area contributed by atoms with Gasteiger partial charge in [-0.05, 0) is 51.9 Å². The number of hydrogen-bond acceptors (Lipinski definition) is 2. The van der Waals surface area contributed by atoms with Crippen LogP contribution in [0.25, 0.3) is 0 Å². The number of carbonyl (C=O) groups is 1. The van der Waals surface area contributed by atoms with E-state index in [1.807, 2.05) is 23.1 Å². The summed E-state index contributed by atoms with van der Waals surface area (Å²) in [6.45, 7) is 5.97. The summed E-state index contributed by atoms with van der Waals surface area (Å²) < 4.78 is 0.902. The molecule has 1 aliphatic rings. The molecule has 1 saturated heterocycles. The second-order valence-electron chi connectivity index (χ2n) is 6.09. The van der Waals surface area contributed by atoms with Crippen molar-refractivity contribution in [2.45, 2.75) is 39.7 Å². The molecule has 0 aliphatic carbocycles. The zero-order valence-electron chi connectivity index (χ0n) is 11.6. The maximum Gasteiger partial charge on any atom is 0.222 e. The number of likely N-dealkylation sites (tertiary alicyclic amines) is 1. The SMILES string of the molecule is CC1(C)CCC(=O)N(Cc2ccc(Br)c(N)c2)CC1. The molecule has 1 amide bonds. The summed E-state index contributed by atoms with van der Waals surface area (Å²) in [6.07, 6.45) is 2.69. The van der Waals surface area contributed by atoms with E-state index in [1.165, 1.54) is 0 Å². The highest BCUT2D eigenvalue weighted by atomic mass is 79.9. The van der Waals surface area contributed by atoms with Crippen LogP contribution in [0.1, 0.15) is 38.7 Å². The van der Waals surface area contributed by atoms with Crippen LogP contribution < -0.4 is 5.73 Å². The number of hydrogen-bond donors (Lipinski definition) is 1. The first-order valence-electron chi connectivity index (χ1n) is 6.69. The largest absolute Gasteiger partial charge is 0.398 e. The van der Waals surface area contributed by atoms with Gasteiger partial charge < -0.3 is 10.6 Å². The fraction of sp³-hybridized carbons (Fsp3) is 0.533. The molecule has 1 aliphatic heterocycles. The molecule has 0 saturated carbocycles. The normalized spacial score (nSPS) is 19.3. The molecule has 4 heteroatoms. The van der Waals surface area contributed by atoms with Gasteiger partial charge in [-0.3, -0.25) is 4.79 Å². The van der Waals surface area contributed by atoms with E-state index < -0.39 is 0 Å². The lowest BCUT2D eigenvalue weighted by molar-refractivity contribution is -0.131. The molecule has 2 rings (SSSR count). The Balaban J connectivity index is 2.09. The van der Waals surface area contributed by atoms with Gasteiger partial charge in [0.2, 0.25) is 5.91 Å². The van der Waals surface area contributed by atoms with Crippen LogP contribution in [0.3, 0.4) is 0 Å². The van der Waals surface area contributed by atoms with Crippen molar-refractivity contribution in [3.63, 3.8) is 0 Å². The zero-order chi connectivity index (χ0) is 14.0. The van der Waals surface area contributed by atoms with E-state index in [2.05, 4.69) is 29.8 Å². The molecule has 1 aromatic carbocycles. The van der Waals surface area contributed by atoms with Crippen LogP contribution in [0.4, 0.5) is 5.69 Å². The molecule has 1 fully saturated rings. The first kappa shape index (κ1) is 14.4. The van der Waals surface area contributed by atoms with Gasteiger partial charge >= 0.3 is 0 Å². The van der Waals surface area contributed by atoms with Crippen molar-refractivity contribution in [2.24, 2.45) is 5.41 Å². The smallest absolute Gasteiger partial charge is 0.222 e. The molecule has 0 unspecified atom stereocenters. The number of rotatable bonds is 2. The lowest BCUT2D eigenvalue weighted by atomic mass is 9.85. The molecule has 3 nitrogen and oxygen atoms in total. The average molecular weight is 325 g/mol. The number of amides is 1. The Morgan fingerprint density at radius 3 is 2.79 bits per heavy atom. The third-order valence-electron chi connectivity index (χ3n) is 3.86. The van der Waals surface area contributed by atoms with Gasteiger partial charge in [-0.1, -0.05) is 19.9 Å². The fourth-order valence-corrected chi connectivity index (χ4v) is 2.62. The van der Waals surface area contributed by atoms with Crippen molar-refractivity contribution in [2.75, 3.05) is 12.3 Å². The van der Waals surface area contributed by atoms with Gasteiger partial charge in [0.25, 0.3) is 0 Å². The van der Waals surface area contributed by atoms with Crippen LogP contribution in [0.5, 0.6) is 0 Å². The van der Waals surface area contributed by atoms with Crippen molar-refractivity contribution in [1.82, 2.24) is 4.90 Å². The van der Waals surface area contributed by atoms with E-state index in [0.717, 1.165) is 35.1 Å². The highest BCUT2D eigenvalue weighted by molar-refractivity contribution is 9.10. The minimum Gasteiger partial charge on any atom is -0.398 e. The highest BCUT2D eigenvalue weighted by Gasteiger charge is 2.27. The van der Waals surface area contributed by atoms with Crippen molar-refractivity contribution in [3.05, 3.63) is 28.2 Å².